The first-order valence-corrected chi connectivity index (χ1v) is 10.1. The zero-order valence-corrected chi connectivity index (χ0v) is 17.2. The number of hydrogen-bond acceptors (Lipinski definition) is 6. The van der Waals surface area contributed by atoms with Gasteiger partial charge in [-0.25, -0.2) is 5.43 Å². The van der Waals surface area contributed by atoms with E-state index in [0.717, 1.165) is 21.4 Å². The van der Waals surface area contributed by atoms with E-state index in [-0.39, 0.29) is 11.7 Å². The first-order chi connectivity index (χ1) is 13.7. The molecule has 2 heterocycles. The summed E-state index contributed by atoms with van der Waals surface area (Å²) in [5.41, 5.74) is 4.29. The number of hydrazone groups is 1. The number of hydrogen-bond donors (Lipinski definition) is 1. The molecule has 0 fully saturated rings. The number of carbonyl (C=O) groups excluding carboxylic acids is 1. The van der Waals surface area contributed by atoms with Crippen molar-refractivity contribution in [3.63, 3.8) is 0 Å². The Balaban J connectivity index is 1.64. The van der Waals surface area contributed by atoms with E-state index in [0.29, 0.717) is 11.7 Å². The molecule has 0 aliphatic heterocycles. The second-order valence-electron chi connectivity index (χ2n) is 5.58. The number of halogens is 1. The van der Waals surface area contributed by atoms with Crippen LogP contribution in [0.5, 0.6) is 0 Å². The molecule has 0 saturated heterocycles. The number of thioether (sulfide) groups is 1. The minimum Gasteiger partial charge on any atom is -0.298 e. The third-order valence-electron chi connectivity index (χ3n) is 3.55. The van der Waals surface area contributed by atoms with Crippen LogP contribution in [0.1, 0.15) is 5.56 Å². The van der Waals surface area contributed by atoms with Crippen molar-refractivity contribution in [1.29, 1.82) is 0 Å². The maximum Gasteiger partial charge on any atom is 0.250 e. The van der Waals surface area contributed by atoms with E-state index in [1.165, 1.54) is 11.8 Å². The molecule has 0 atom stereocenters. The molecule has 0 aliphatic rings. The van der Waals surface area contributed by atoms with Crippen LogP contribution in [0.2, 0.25) is 0 Å². The van der Waals surface area contributed by atoms with E-state index in [4.69, 9.17) is 0 Å². The minimum absolute atomic E-state index is 0.168. The van der Waals surface area contributed by atoms with Crippen LogP contribution in [0.25, 0.3) is 11.4 Å². The van der Waals surface area contributed by atoms with Crippen molar-refractivity contribution in [2.24, 2.45) is 5.10 Å². The predicted molar refractivity (Wildman–Crippen MR) is 114 cm³/mol. The first kappa shape index (κ1) is 20.0. The van der Waals surface area contributed by atoms with Crippen LogP contribution < -0.4 is 5.43 Å². The number of amides is 1. The summed E-state index contributed by atoms with van der Waals surface area (Å²) in [5.74, 6) is 0.661. The van der Waals surface area contributed by atoms with Gasteiger partial charge in [-0.15, -0.1) is 16.8 Å². The third-order valence-corrected chi connectivity index (χ3v) is 5.01. The van der Waals surface area contributed by atoms with Gasteiger partial charge in [0.2, 0.25) is 0 Å². The zero-order chi connectivity index (χ0) is 19.8. The summed E-state index contributed by atoms with van der Waals surface area (Å²) in [5, 5.41) is 13.1. The molecule has 0 radical (unpaired) electrons. The summed E-state index contributed by atoms with van der Waals surface area (Å²) in [7, 11) is 0. The maximum atomic E-state index is 12.1. The van der Waals surface area contributed by atoms with E-state index in [2.05, 4.69) is 48.2 Å². The normalized spacial score (nSPS) is 10.9. The molecule has 2 aromatic heterocycles. The minimum atomic E-state index is -0.229. The summed E-state index contributed by atoms with van der Waals surface area (Å²) in [6.07, 6.45) is 6.66. The Bertz CT molecular complexity index is 989. The summed E-state index contributed by atoms with van der Waals surface area (Å²) in [4.78, 5) is 16.0. The lowest BCUT2D eigenvalue weighted by atomic mass is 10.2. The predicted octanol–water partition coefficient (Wildman–Crippen LogP) is 3.53. The van der Waals surface area contributed by atoms with E-state index >= 15 is 0 Å². The number of nitrogens with one attached hydrogen (secondary N) is 1. The summed E-state index contributed by atoms with van der Waals surface area (Å²) in [6, 6.07) is 11.4. The fourth-order valence-corrected chi connectivity index (χ4v) is 3.46. The molecule has 0 saturated carbocycles. The lowest BCUT2D eigenvalue weighted by Gasteiger charge is -2.07. The highest BCUT2D eigenvalue weighted by atomic mass is 79.9. The maximum absolute atomic E-state index is 12.1. The largest absolute Gasteiger partial charge is 0.298 e. The van der Waals surface area contributed by atoms with Gasteiger partial charge in [-0.05, 0) is 29.8 Å². The molecule has 1 aromatic carbocycles. The van der Waals surface area contributed by atoms with Gasteiger partial charge in [0.05, 0.1) is 12.0 Å². The number of benzene rings is 1. The van der Waals surface area contributed by atoms with Gasteiger partial charge < -0.3 is 0 Å². The van der Waals surface area contributed by atoms with Gasteiger partial charge in [-0.3, -0.25) is 14.3 Å². The van der Waals surface area contributed by atoms with Crippen LogP contribution in [0.3, 0.4) is 0 Å². The van der Waals surface area contributed by atoms with Crippen LogP contribution in [-0.4, -0.2) is 37.6 Å². The molecular weight excluding hydrogens is 440 g/mol. The average molecular weight is 457 g/mol. The number of aromatic nitrogens is 4. The molecule has 3 rings (SSSR count). The standard InChI is InChI=1S/C19H17BrN6OS/c1-2-10-26-18(15-4-3-5-16(20)11-15)24-25-19(26)28-13-17(27)23-22-12-14-6-8-21-9-7-14/h2-9,11-12H,1,10,13H2,(H,23,27). The highest BCUT2D eigenvalue weighted by Gasteiger charge is 2.15. The van der Waals surface area contributed by atoms with Gasteiger partial charge in [0.25, 0.3) is 5.91 Å². The van der Waals surface area contributed by atoms with Crippen molar-refractivity contribution in [1.82, 2.24) is 25.2 Å². The molecular formula is C19H17BrN6OS. The molecule has 0 spiro atoms. The third kappa shape index (κ3) is 5.37. The van der Waals surface area contributed by atoms with Crippen LogP contribution in [0.15, 0.2) is 76.2 Å². The average Bonchev–Trinajstić information content (AvgIpc) is 3.10. The Kier molecular flexibility index (Phi) is 7.10. The van der Waals surface area contributed by atoms with Crippen LogP contribution in [0, 0.1) is 0 Å². The fourth-order valence-electron chi connectivity index (χ4n) is 2.32. The molecule has 0 bridgehead atoms. The van der Waals surface area contributed by atoms with Crippen LogP contribution in [0.4, 0.5) is 0 Å². The molecule has 28 heavy (non-hydrogen) atoms. The fraction of sp³-hybridized carbons (Fsp3) is 0.105. The number of pyridine rings is 1. The van der Waals surface area contributed by atoms with Crippen molar-refractivity contribution >= 4 is 39.8 Å². The topological polar surface area (TPSA) is 85.1 Å². The Morgan fingerprint density at radius 1 is 1.29 bits per heavy atom. The molecule has 0 unspecified atom stereocenters. The number of rotatable bonds is 8. The SMILES string of the molecule is C=CCn1c(SCC(=O)NN=Cc2ccncc2)nnc1-c1cccc(Br)c1. The van der Waals surface area contributed by atoms with Gasteiger partial charge in [0.15, 0.2) is 11.0 Å². The van der Waals surface area contributed by atoms with Crippen molar-refractivity contribution < 1.29 is 4.79 Å². The van der Waals surface area contributed by atoms with Crippen molar-refractivity contribution in [3.05, 3.63) is 71.5 Å². The van der Waals surface area contributed by atoms with E-state index in [9.17, 15) is 4.79 Å². The zero-order valence-electron chi connectivity index (χ0n) is 14.8. The summed E-state index contributed by atoms with van der Waals surface area (Å²) in [6.45, 7) is 4.34. The highest BCUT2D eigenvalue weighted by Crippen LogP contribution is 2.26. The number of nitrogens with zero attached hydrogens (tertiary/aromatic N) is 5. The van der Waals surface area contributed by atoms with E-state index in [1.807, 2.05) is 28.8 Å². The van der Waals surface area contributed by atoms with Crippen LogP contribution in [-0.2, 0) is 11.3 Å². The first-order valence-electron chi connectivity index (χ1n) is 8.32. The number of allylic oxidation sites excluding steroid dienone is 1. The molecule has 3 aromatic rings. The van der Waals surface area contributed by atoms with Crippen LogP contribution >= 0.6 is 27.7 Å². The van der Waals surface area contributed by atoms with Crippen molar-refractivity contribution in [2.45, 2.75) is 11.7 Å². The second-order valence-corrected chi connectivity index (χ2v) is 7.44. The Morgan fingerprint density at radius 2 is 2.11 bits per heavy atom. The molecule has 9 heteroatoms. The second kappa shape index (κ2) is 9.95. The van der Waals surface area contributed by atoms with Gasteiger partial charge in [-0.1, -0.05) is 45.9 Å². The molecule has 7 nitrogen and oxygen atoms in total. The Hall–Kier alpha value is -2.78. The molecule has 1 amide bonds. The molecule has 0 aliphatic carbocycles. The summed E-state index contributed by atoms with van der Waals surface area (Å²) >= 11 is 4.76. The Morgan fingerprint density at radius 3 is 2.86 bits per heavy atom. The van der Waals surface area contributed by atoms with Gasteiger partial charge in [-0.2, -0.15) is 5.10 Å². The molecule has 1 N–H and O–H groups in total. The Labute approximate surface area is 175 Å². The highest BCUT2D eigenvalue weighted by molar-refractivity contribution is 9.10. The lowest BCUT2D eigenvalue weighted by molar-refractivity contribution is -0.118. The monoisotopic (exact) mass is 456 g/mol. The molecule has 142 valence electrons. The lowest BCUT2D eigenvalue weighted by Crippen LogP contribution is -2.20. The van der Waals surface area contributed by atoms with Gasteiger partial charge in [0.1, 0.15) is 0 Å². The van der Waals surface area contributed by atoms with Crippen molar-refractivity contribution in [3.8, 4) is 11.4 Å². The smallest absolute Gasteiger partial charge is 0.250 e. The van der Waals surface area contributed by atoms with Crippen molar-refractivity contribution in [2.75, 3.05) is 5.75 Å². The van der Waals surface area contributed by atoms with E-state index < -0.39 is 0 Å². The van der Waals surface area contributed by atoms with E-state index in [1.54, 1.807) is 36.8 Å². The quantitative estimate of drug-likeness (QED) is 0.242. The van der Waals surface area contributed by atoms with Gasteiger partial charge in [0, 0.05) is 29.0 Å². The number of carbonyl (C=O) groups is 1. The summed E-state index contributed by atoms with van der Waals surface area (Å²) < 4.78 is 2.88. The van der Waals surface area contributed by atoms with Gasteiger partial charge >= 0.3 is 0 Å².